The number of nitrogens with one attached hydrogen (secondary N) is 1. The second-order valence-electron chi connectivity index (χ2n) is 5.28. The average molecular weight is 329 g/mol. The van der Waals surface area contributed by atoms with Gasteiger partial charge in [0.15, 0.2) is 0 Å². The molecular formula is C17H13F2N3O2. The van der Waals surface area contributed by atoms with Gasteiger partial charge in [-0.2, -0.15) is 0 Å². The average Bonchev–Trinajstić information content (AvgIpc) is 2.95. The van der Waals surface area contributed by atoms with Crippen LogP contribution in [0.3, 0.4) is 0 Å². The molecule has 1 amide bonds. The van der Waals surface area contributed by atoms with Crippen molar-refractivity contribution in [1.29, 1.82) is 0 Å². The Morgan fingerprint density at radius 1 is 1.08 bits per heavy atom. The van der Waals surface area contributed by atoms with Gasteiger partial charge in [-0.05, 0) is 37.6 Å². The molecule has 3 aromatic rings. The summed E-state index contributed by atoms with van der Waals surface area (Å²) in [6, 6.07) is 8.58. The van der Waals surface area contributed by atoms with Gasteiger partial charge in [-0.15, -0.1) is 5.10 Å². The lowest BCUT2D eigenvalue weighted by Crippen LogP contribution is -2.16. The molecule has 0 aliphatic heterocycles. The van der Waals surface area contributed by atoms with E-state index in [1.54, 1.807) is 0 Å². The van der Waals surface area contributed by atoms with Crippen LogP contribution in [0.15, 0.2) is 40.8 Å². The van der Waals surface area contributed by atoms with Gasteiger partial charge in [0.05, 0.1) is 0 Å². The zero-order valence-corrected chi connectivity index (χ0v) is 12.9. The first-order chi connectivity index (χ1) is 11.5. The van der Waals surface area contributed by atoms with E-state index >= 15 is 0 Å². The lowest BCUT2D eigenvalue weighted by atomic mass is 10.1. The van der Waals surface area contributed by atoms with Gasteiger partial charge in [0.2, 0.25) is 5.89 Å². The number of aryl methyl sites for hydroxylation is 2. The van der Waals surface area contributed by atoms with Crippen molar-refractivity contribution in [1.82, 2.24) is 10.2 Å². The fourth-order valence-electron chi connectivity index (χ4n) is 2.31. The van der Waals surface area contributed by atoms with Crippen LogP contribution < -0.4 is 5.32 Å². The van der Waals surface area contributed by atoms with E-state index in [1.807, 2.05) is 32.0 Å². The summed E-state index contributed by atoms with van der Waals surface area (Å²) in [6.07, 6.45) is 0. The van der Waals surface area contributed by atoms with Crippen LogP contribution in [0.5, 0.6) is 0 Å². The van der Waals surface area contributed by atoms with E-state index in [9.17, 15) is 13.6 Å². The van der Waals surface area contributed by atoms with Crippen LogP contribution in [0.2, 0.25) is 0 Å². The molecule has 0 unspecified atom stereocenters. The lowest BCUT2D eigenvalue weighted by Gasteiger charge is -2.03. The molecule has 1 aromatic heterocycles. The zero-order chi connectivity index (χ0) is 17.3. The van der Waals surface area contributed by atoms with Crippen molar-refractivity contribution in [2.75, 3.05) is 5.32 Å². The Hall–Kier alpha value is -3.09. The monoisotopic (exact) mass is 329 g/mol. The van der Waals surface area contributed by atoms with E-state index in [1.165, 1.54) is 6.07 Å². The number of benzene rings is 2. The summed E-state index contributed by atoms with van der Waals surface area (Å²) in [7, 11) is 0. The Bertz CT molecular complexity index is 902. The number of nitrogens with zero attached hydrogens (tertiary/aromatic N) is 2. The highest BCUT2D eigenvalue weighted by atomic mass is 19.1. The van der Waals surface area contributed by atoms with Crippen molar-refractivity contribution in [2.45, 2.75) is 13.8 Å². The van der Waals surface area contributed by atoms with Crippen molar-refractivity contribution >= 4 is 11.9 Å². The maximum Gasteiger partial charge on any atom is 0.322 e. The van der Waals surface area contributed by atoms with Gasteiger partial charge >= 0.3 is 6.01 Å². The third kappa shape index (κ3) is 3.01. The van der Waals surface area contributed by atoms with Crippen molar-refractivity contribution in [2.24, 2.45) is 0 Å². The summed E-state index contributed by atoms with van der Waals surface area (Å²) < 4.78 is 32.6. The van der Waals surface area contributed by atoms with E-state index in [4.69, 9.17) is 4.42 Å². The summed E-state index contributed by atoms with van der Waals surface area (Å²) in [4.78, 5) is 12.0. The minimum absolute atomic E-state index is 0.205. The zero-order valence-electron chi connectivity index (χ0n) is 12.9. The number of anilines is 1. The quantitative estimate of drug-likeness (QED) is 0.792. The molecule has 0 aliphatic rings. The standard InChI is InChI=1S/C17H13F2N3O2/c1-9-6-7-11(10(2)8-9)16-21-22-17(24-16)20-15(23)14-12(18)4-3-5-13(14)19/h3-8H,1-2H3,(H,20,22,23). The normalized spacial score (nSPS) is 10.7. The number of hydrogen-bond acceptors (Lipinski definition) is 4. The molecule has 24 heavy (non-hydrogen) atoms. The predicted octanol–water partition coefficient (Wildman–Crippen LogP) is 3.88. The molecule has 0 fully saturated rings. The molecule has 0 radical (unpaired) electrons. The molecule has 122 valence electrons. The van der Waals surface area contributed by atoms with Gasteiger partial charge in [-0.3, -0.25) is 10.1 Å². The maximum atomic E-state index is 13.6. The molecule has 0 saturated heterocycles. The van der Waals surface area contributed by atoms with E-state index in [-0.39, 0.29) is 11.9 Å². The van der Waals surface area contributed by atoms with Gasteiger partial charge in [-0.1, -0.05) is 28.9 Å². The minimum atomic E-state index is -0.999. The molecule has 3 rings (SSSR count). The molecule has 0 aliphatic carbocycles. The molecule has 2 aromatic carbocycles. The molecular weight excluding hydrogens is 316 g/mol. The lowest BCUT2D eigenvalue weighted by molar-refractivity contribution is 0.101. The van der Waals surface area contributed by atoms with Crippen LogP contribution in [-0.4, -0.2) is 16.1 Å². The van der Waals surface area contributed by atoms with E-state index < -0.39 is 23.1 Å². The first-order valence-corrected chi connectivity index (χ1v) is 7.12. The Balaban J connectivity index is 1.85. The summed E-state index contributed by atoms with van der Waals surface area (Å²) in [6.45, 7) is 3.85. The van der Waals surface area contributed by atoms with Crippen LogP contribution in [0.25, 0.3) is 11.5 Å². The number of hydrogen-bond donors (Lipinski definition) is 1. The van der Waals surface area contributed by atoms with Crippen LogP contribution in [0.4, 0.5) is 14.8 Å². The molecule has 1 N–H and O–H groups in total. The summed E-state index contributed by atoms with van der Waals surface area (Å²) >= 11 is 0. The van der Waals surface area contributed by atoms with Crippen LogP contribution in [0.1, 0.15) is 21.5 Å². The third-order valence-electron chi connectivity index (χ3n) is 3.45. The highest BCUT2D eigenvalue weighted by Crippen LogP contribution is 2.24. The number of carbonyl (C=O) groups excluding carboxylic acids is 1. The second-order valence-corrected chi connectivity index (χ2v) is 5.28. The largest absolute Gasteiger partial charge is 0.403 e. The third-order valence-corrected chi connectivity index (χ3v) is 3.45. The first kappa shape index (κ1) is 15.8. The van der Waals surface area contributed by atoms with Crippen LogP contribution in [-0.2, 0) is 0 Å². The second kappa shape index (κ2) is 6.19. The highest BCUT2D eigenvalue weighted by Gasteiger charge is 2.20. The van der Waals surface area contributed by atoms with Gasteiger partial charge in [-0.25, -0.2) is 8.78 Å². The Labute approximate surface area is 136 Å². The molecule has 0 saturated carbocycles. The summed E-state index contributed by atoms with van der Waals surface area (Å²) in [5.41, 5.74) is 2.02. The molecule has 0 bridgehead atoms. The van der Waals surface area contributed by atoms with Gasteiger partial charge in [0.1, 0.15) is 17.2 Å². The number of halogens is 2. The van der Waals surface area contributed by atoms with Crippen LogP contribution in [0, 0.1) is 25.5 Å². The van der Waals surface area contributed by atoms with Crippen molar-refractivity contribution in [3.63, 3.8) is 0 Å². The van der Waals surface area contributed by atoms with Gasteiger partial charge in [0, 0.05) is 5.56 Å². The predicted molar refractivity (Wildman–Crippen MR) is 83.5 cm³/mol. The Morgan fingerprint density at radius 2 is 1.79 bits per heavy atom. The first-order valence-electron chi connectivity index (χ1n) is 7.12. The summed E-state index contributed by atoms with van der Waals surface area (Å²) in [5, 5.41) is 9.74. The molecule has 0 spiro atoms. The minimum Gasteiger partial charge on any atom is -0.403 e. The number of amides is 1. The summed E-state index contributed by atoms with van der Waals surface area (Å²) in [5.74, 6) is -2.73. The smallest absolute Gasteiger partial charge is 0.322 e. The Kier molecular flexibility index (Phi) is 4.07. The SMILES string of the molecule is Cc1ccc(-c2nnc(NC(=O)c3c(F)cccc3F)o2)c(C)c1. The number of carbonyl (C=O) groups is 1. The van der Waals surface area contributed by atoms with Gasteiger partial charge in [0.25, 0.3) is 5.91 Å². The van der Waals surface area contributed by atoms with Crippen LogP contribution >= 0.6 is 0 Å². The van der Waals surface area contributed by atoms with Crippen molar-refractivity contribution < 1.29 is 18.0 Å². The number of rotatable bonds is 3. The molecule has 1 heterocycles. The van der Waals surface area contributed by atoms with Crippen molar-refractivity contribution in [3.05, 3.63) is 64.7 Å². The number of aromatic nitrogens is 2. The fourth-order valence-corrected chi connectivity index (χ4v) is 2.31. The molecule has 7 heteroatoms. The molecule has 0 atom stereocenters. The maximum absolute atomic E-state index is 13.6. The topological polar surface area (TPSA) is 68.0 Å². The van der Waals surface area contributed by atoms with Gasteiger partial charge < -0.3 is 4.42 Å². The highest BCUT2D eigenvalue weighted by molar-refractivity contribution is 6.03. The molecule has 5 nitrogen and oxygen atoms in total. The Morgan fingerprint density at radius 3 is 2.46 bits per heavy atom. The van der Waals surface area contributed by atoms with E-state index in [0.29, 0.717) is 5.56 Å². The van der Waals surface area contributed by atoms with E-state index in [0.717, 1.165) is 23.3 Å². The fraction of sp³-hybridized carbons (Fsp3) is 0.118. The van der Waals surface area contributed by atoms with E-state index in [2.05, 4.69) is 15.5 Å². The van der Waals surface area contributed by atoms with Crippen molar-refractivity contribution in [3.8, 4) is 11.5 Å².